The Kier molecular flexibility index (Phi) is 9.11. The lowest BCUT2D eigenvalue weighted by molar-refractivity contribution is -0.116. The molecule has 2 aromatic heterocycles. The van der Waals surface area contributed by atoms with Crippen molar-refractivity contribution in [3.63, 3.8) is 0 Å². The Morgan fingerprint density at radius 2 is 2.00 bits per heavy atom. The number of unbranched alkanes of at least 4 members (excludes halogenated alkanes) is 1. The van der Waals surface area contributed by atoms with Crippen molar-refractivity contribution in [2.75, 3.05) is 5.32 Å². The van der Waals surface area contributed by atoms with E-state index >= 15 is 0 Å². The molecule has 0 aliphatic rings. The Balaban J connectivity index is 0.000000401. The summed E-state index contributed by atoms with van der Waals surface area (Å²) in [4.78, 5) is 27.8. The summed E-state index contributed by atoms with van der Waals surface area (Å²) in [5.41, 5.74) is -0.0532. The fourth-order valence-corrected chi connectivity index (χ4v) is 1.88. The van der Waals surface area contributed by atoms with E-state index in [0.29, 0.717) is 12.8 Å². The fourth-order valence-electron chi connectivity index (χ4n) is 1.88. The molecule has 0 aliphatic heterocycles. The second-order valence-corrected chi connectivity index (χ2v) is 5.55. The number of halogens is 3. The number of carbonyl (C=O) groups excluding carboxylic acids is 1. The zero-order chi connectivity index (χ0) is 19.4. The highest BCUT2D eigenvalue weighted by Gasteiger charge is 2.24. The number of pyridine rings is 2. The van der Waals surface area contributed by atoms with Crippen LogP contribution in [0.2, 0.25) is 0 Å². The summed E-state index contributed by atoms with van der Waals surface area (Å²) in [6.45, 7) is 1.44. The first-order valence-corrected chi connectivity index (χ1v) is 8.25. The first-order valence-electron chi connectivity index (χ1n) is 8.25. The number of alkyl halides is 2. The Labute approximate surface area is 149 Å². The number of hydrogen-bond acceptors (Lipinski definition) is 3. The van der Waals surface area contributed by atoms with Gasteiger partial charge in [0.15, 0.2) is 0 Å². The number of amides is 1. The maximum Gasteiger partial charge on any atom is 0.247 e. The molecule has 2 heterocycles. The van der Waals surface area contributed by atoms with E-state index in [9.17, 15) is 22.8 Å². The van der Waals surface area contributed by atoms with Crippen molar-refractivity contribution in [2.24, 2.45) is 0 Å². The predicted molar refractivity (Wildman–Crippen MR) is 93.6 cm³/mol. The van der Waals surface area contributed by atoms with Crippen LogP contribution in [0, 0.1) is 5.82 Å². The van der Waals surface area contributed by atoms with Gasteiger partial charge in [-0.25, -0.2) is 18.2 Å². The summed E-state index contributed by atoms with van der Waals surface area (Å²) in [6, 6.07) is 7.46. The highest BCUT2D eigenvalue weighted by molar-refractivity contribution is 5.89. The van der Waals surface area contributed by atoms with Gasteiger partial charge >= 0.3 is 0 Å². The Morgan fingerprint density at radius 3 is 2.50 bits per heavy atom. The number of carbonyl (C=O) groups is 1. The van der Waals surface area contributed by atoms with Gasteiger partial charge in [-0.15, -0.1) is 0 Å². The number of H-pyrrole nitrogens is 1. The minimum atomic E-state index is -2.64. The second kappa shape index (κ2) is 11.1. The molecule has 0 saturated carbocycles. The molecule has 0 spiro atoms. The van der Waals surface area contributed by atoms with E-state index in [-0.39, 0.29) is 36.5 Å². The molecule has 0 radical (unpaired) electrons. The van der Waals surface area contributed by atoms with Crippen LogP contribution in [-0.4, -0.2) is 21.8 Å². The molecule has 8 heteroatoms. The molecule has 5 nitrogen and oxygen atoms in total. The van der Waals surface area contributed by atoms with Crippen LogP contribution in [0.25, 0.3) is 0 Å². The van der Waals surface area contributed by atoms with Gasteiger partial charge in [0.25, 0.3) is 0 Å². The Hall–Kier alpha value is -2.64. The lowest BCUT2D eigenvalue weighted by atomic mass is 10.1. The molecule has 1 amide bonds. The summed E-state index contributed by atoms with van der Waals surface area (Å²) in [7, 11) is 0. The van der Waals surface area contributed by atoms with E-state index in [2.05, 4.69) is 15.3 Å². The minimum absolute atomic E-state index is 0.0532. The van der Waals surface area contributed by atoms with E-state index in [4.69, 9.17) is 0 Å². The average molecular weight is 369 g/mol. The van der Waals surface area contributed by atoms with Crippen molar-refractivity contribution in [1.29, 1.82) is 0 Å². The van der Waals surface area contributed by atoms with Crippen molar-refractivity contribution in [3.8, 4) is 0 Å². The molecule has 2 N–H and O–H groups in total. The molecule has 26 heavy (non-hydrogen) atoms. The largest absolute Gasteiger partial charge is 0.329 e. The van der Waals surface area contributed by atoms with Gasteiger partial charge in [0, 0.05) is 31.5 Å². The number of aromatic amines is 1. The monoisotopic (exact) mass is 369 g/mol. The molecule has 0 aliphatic carbocycles. The number of aromatic nitrogens is 2. The zero-order valence-corrected chi connectivity index (χ0v) is 14.5. The molecular formula is C18H22F3N3O2. The van der Waals surface area contributed by atoms with Crippen molar-refractivity contribution in [1.82, 2.24) is 9.97 Å². The molecule has 0 unspecified atom stereocenters. The van der Waals surface area contributed by atoms with Gasteiger partial charge < -0.3 is 10.3 Å². The molecule has 0 saturated heterocycles. The first-order chi connectivity index (χ1) is 12.3. The molecular weight excluding hydrogens is 347 g/mol. The van der Waals surface area contributed by atoms with Crippen molar-refractivity contribution in [2.45, 2.75) is 45.0 Å². The van der Waals surface area contributed by atoms with E-state index in [1.807, 2.05) is 0 Å². The summed E-state index contributed by atoms with van der Waals surface area (Å²) in [5, 5.41) is 2.48. The molecule has 0 aromatic carbocycles. The van der Waals surface area contributed by atoms with Gasteiger partial charge in [-0.05, 0) is 31.0 Å². The maximum absolute atomic E-state index is 12.9. The fraction of sp³-hybridized carbons (Fsp3) is 0.389. The Bertz CT molecular complexity index is 701. The van der Waals surface area contributed by atoms with Crippen LogP contribution in [-0.2, 0) is 4.79 Å². The lowest BCUT2D eigenvalue weighted by Gasteiger charge is -2.13. The third-order valence-corrected chi connectivity index (χ3v) is 3.39. The van der Waals surface area contributed by atoms with Gasteiger partial charge in [0.1, 0.15) is 11.6 Å². The van der Waals surface area contributed by atoms with Crippen LogP contribution < -0.4 is 10.9 Å². The standard InChI is InChI=1S/C13H17F3N2O.C5H5NO/c1-2-13(15,16)8-4-3-5-12(19)18-11-7-6-10(14)9-17-11;7-5-3-1-2-4-6-5/h6-7,9H,2-5,8H2,1H3,(H,17,18,19);1-4H,(H,6,7). The third-order valence-electron chi connectivity index (χ3n) is 3.39. The van der Waals surface area contributed by atoms with E-state index in [0.717, 1.165) is 6.20 Å². The van der Waals surface area contributed by atoms with Crippen LogP contribution in [0.1, 0.15) is 39.0 Å². The van der Waals surface area contributed by atoms with Crippen molar-refractivity contribution < 1.29 is 18.0 Å². The summed E-state index contributed by atoms with van der Waals surface area (Å²) >= 11 is 0. The highest BCUT2D eigenvalue weighted by Crippen LogP contribution is 2.24. The number of nitrogens with one attached hydrogen (secondary N) is 2. The number of rotatable bonds is 7. The predicted octanol–water partition coefficient (Wildman–Crippen LogP) is 4.14. The molecule has 2 rings (SSSR count). The van der Waals surface area contributed by atoms with E-state index in [1.54, 1.807) is 18.3 Å². The smallest absolute Gasteiger partial charge is 0.247 e. The molecule has 0 fully saturated rings. The van der Waals surface area contributed by atoms with Gasteiger partial charge in [-0.3, -0.25) is 9.59 Å². The van der Waals surface area contributed by atoms with Crippen LogP contribution in [0.4, 0.5) is 19.0 Å². The van der Waals surface area contributed by atoms with Crippen LogP contribution in [0.5, 0.6) is 0 Å². The second-order valence-electron chi connectivity index (χ2n) is 5.55. The quantitative estimate of drug-likeness (QED) is 0.721. The number of anilines is 1. The van der Waals surface area contributed by atoms with Crippen molar-refractivity contribution in [3.05, 3.63) is 58.9 Å². The normalized spacial score (nSPS) is 10.6. The van der Waals surface area contributed by atoms with Crippen LogP contribution in [0.3, 0.4) is 0 Å². The third kappa shape index (κ3) is 9.61. The van der Waals surface area contributed by atoms with E-state index in [1.165, 1.54) is 25.1 Å². The zero-order valence-electron chi connectivity index (χ0n) is 14.5. The van der Waals surface area contributed by atoms with Gasteiger partial charge in [-0.2, -0.15) is 0 Å². The highest BCUT2D eigenvalue weighted by atomic mass is 19.3. The van der Waals surface area contributed by atoms with Gasteiger partial charge in [0.05, 0.1) is 6.20 Å². The Morgan fingerprint density at radius 1 is 1.23 bits per heavy atom. The summed E-state index contributed by atoms with van der Waals surface area (Å²) < 4.78 is 38.4. The number of nitrogens with zero attached hydrogens (tertiary/aromatic N) is 1. The molecule has 2 aromatic rings. The number of hydrogen-bond donors (Lipinski definition) is 2. The van der Waals surface area contributed by atoms with Crippen LogP contribution >= 0.6 is 0 Å². The lowest BCUT2D eigenvalue weighted by Crippen LogP contribution is -2.15. The van der Waals surface area contributed by atoms with Gasteiger partial charge in [0.2, 0.25) is 17.4 Å². The average Bonchev–Trinajstić information content (AvgIpc) is 2.62. The van der Waals surface area contributed by atoms with Crippen molar-refractivity contribution >= 4 is 11.7 Å². The van der Waals surface area contributed by atoms with Crippen LogP contribution in [0.15, 0.2) is 47.5 Å². The van der Waals surface area contributed by atoms with Gasteiger partial charge in [-0.1, -0.05) is 13.0 Å². The SMILES string of the molecule is CCC(F)(F)CCCCC(=O)Nc1ccc(F)cn1.O=c1cccc[nH]1. The topological polar surface area (TPSA) is 74.8 Å². The first kappa shape index (κ1) is 21.4. The summed E-state index contributed by atoms with van der Waals surface area (Å²) in [6.07, 6.45) is 3.05. The maximum atomic E-state index is 12.9. The molecule has 0 bridgehead atoms. The summed E-state index contributed by atoms with van der Waals surface area (Å²) in [5.74, 6) is -3.18. The minimum Gasteiger partial charge on any atom is -0.329 e. The van der Waals surface area contributed by atoms with E-state index < -0.39 is 11.7 Å². The molecule has 0 atom stereocenters. The molecule has 142 valence electrons.